The molecule has 0 saturated heterocycles. The third-order valence-electron chi connectivity index (χ3n) is 3.26. The second-order valence-corrected chi connectivity index (χ2v) is 6.08. The Kier molecular flexibility index (Phi) is 10.4. The summed E-state index contributed by atoms with van der Waals surface area (Å²) in [5, 5.41) is 6.65. The van der Waals surface area contributed by atoms with Crippen LogP contribution < -0.4 is 15.4 Å². The molecule has 0 atom stereocenters. The van der Waals surface area contributed by atoms with Crippen molar-refractivity contribution in [3.63, 3.8) is 0 Å². The first-order chi connectivity index (χ1) is 10.8. The van der Waals surface area contributed by atoms with Crippen LogP contribution in [0.5, 0.6) is 5.75 Å². The van der Waals surface area contributed by atoms with Crippen molar-refractivity contribution in [2.75, 3.05) is 38.8 Å². The number of nitrogens with zero attached hydrogens (tertiary/aromatic N) is 1. The van der Waals surface area contributed by atoms with Gasteiger partial charge in [-0.3, -0.25) is 4.99 Å². The standard InChI is InChI=1S/C17H29N3OS/c1-15-9-4-5-10-16(15)21-13-8-12-20-17(18-2)19-11-6-7-14-22-3/h4-5,9-10H,6-8,11-14H2,1-3H3,(H2,18,19,20). The molecule has 0 bridgehead atoms. The largest absolute Gasteiger partial charge is 0.493 e. The lowest BCUT2D eigenvalue weighted by Gasteiger charge is -2.12. The van der Waals surface area contributed by atoms with Crippen LogP contribution in [-0.2, 0) is 0 Å². The van der Waals surface area contributed by atoms with Gasteiger partial charge in [0.2, 0.25) is 0 Å². The first-order valence-electron chi connectivity index (χ1n) is 7.90. The van der Waals surface area contributed by atoms with Gasteiger partial charge in [-0.15, -0.1) is 0 Å². The average molecular weight is 324 g/mol. The Labute approximate surface area is 139 Å². The Morgan fingerprint density at radius 1 is 1.14 bits per heavy atom. The first kappa shape index (κ1) is 18.7. The van der Waals surface area contributed by atoms with Gasteiger partial charge in [0, 0.05) is 20.1 Å². The Balaban J connectivity index is 2.08. The molecule has 0 spiro atoms. The van der Waals surface area contributed by atoms with Gasteiger partial charge >= 0.3 is 0 Å². The van der Waals surface area contributed by atoms with E-state index in [1.807, 2.05) is 30.0 Å². The van der Waals surface area contributed by atoms with Crippen LogP contribution in [0.2, 0.25) is 0 Å². The molecule has 0 aromatic heterocycles. The number of aryl methyl sites for hydroxylation is 1. The predicted octanol–water partition coefficient (Wildman–Crippen LogP) is 3.07. The highest BCUT2D eigenvalue weighted by molar-refractivity contribution is 7.98. The van der Waals surface area contributed by atoms with Crippen molar-refractivity contribution in [1.82, 2.24) is 10.6 Å². The van der Waals surface area contributed by atoms with Crippen LogP contribution in [0.1, 0.15) is 24.8 Å². The Hall–Kier alpha value is -1.36. The minimum Gasteiger partial charge on any atom is -0.493 e. The first-order valence-corrected chi connectivity index (χ1v) is 9.29. The number of para-hydroxylation sites is 1. The van der Waals surface area contributed by atoms with Crippen LogP contribution in [0.3, 0.4) is 0 Å². The van der Waals surface area contributed by atoms with Crippen molar-refractivity contribution in [3.05, 3.63) is 29.8 Å². The van der Waals surface area contributed by atoms with Gasteiger partial charge in [0.05, 0.1) is 6.61 Å². The third-order valence-corrected chi connectivity index (χ3v) is 3.95. The summed E-state index contributed by atoms with van der Waals surface area (Å²) < 4.78 is 5.78. The van der Waals surface area contributed by atoms with E-state index in [0.29, 0.717) is 6.61 Å². The fraction of sp³-hybridized carbons (Fsp3) is 0.588. The van der Waals surface area contributed by atoms with Gasteiger partial charge in [-0.05, 0) is 49.8 Å². The maximum atomic E-state index is 5.78. The van der Waals surface area contributed by atoms with Gasteiger partial charge < -0.3 is 15.4 Å². The van der Waals surface area contributed by atoms with E-state index in [4.69, 9.17) is 4.74 Å². The van der Waals surface area contributed by atoms with Crippen molar-refractivity contribution >= 4 is 17.7 Å². The zero-order valence-corrected chi connectivity index (χ0v) is 14.8. The molecule has 0 aliphatic rings. The van der Waals surface area contributed by atoms with E-state index in [2.05, 4.69) is 34.9 Å². The summed E-state index contributed by atoms with van der Waals surface area (Å²) in [5.41, 5.74) is 1.18. The fourth-order valence-corrected chi connectivity index (χ4v) is 2.47. The molecule has 0 radical (unpaired) electrons. The monoisotopic (exact) mass is 323 g/mol. The normalized spacial score (nSPS) is 11.3. The molecule has 0 amide bonds. The number of nitrogens with one attached hydrogen (secondary N) is 2. The number of guanidine groups is 1. The molecule has 0 saturated carbocycles. The summed E-state index contributed by atoms with van der Waals surface area (Å²) in [6.45, 7) is 4.61. The van der Waals surface area contributed by atoms with Gasteiger partial charge in [-0.2, -0.15) is 11.8 Å². The zero-order valence-electron chi connectivity index (χ0n) is 14.0. The number of hydrogen-bond donors (Lipinski definition) is 2. The number of benzene rings is 1. The maximum Gasteiger partial charge on any atom is 0.190 e. The van der Waals surface area contributed by atoms with Crippen molar-refractivity contribution in [2.24, 2.45) is 4.99 Å². The maximum absolute atomic E-state index is 5.78. The molecule has 2 N–H and O–H groups in total. The molecule has 0 aliphatic heterocycles. The Morgan fingerprint density at radius 2 is 1.86 bits per heavy atom. The lowest BCUT2D eigenvalue weighted by Crippen LogP contribution is -2.38. The van der Waals surface area contributed by atoms with E-state index in [-0.39, 0.29) is 0 Å². The Morgan fingerprint density at radius 3 is 2.55 bits per heavy atom. The molecule has 124 valence electrons. The topological polar surface area (TPSA) is 45.7 Å². The van der Waals surface area contributed by atoms with E-state index in [0.717, 1.165) is 31.2 Å². The quantitative estimate of drug-likeness (QED) is 0.395. The van der Waals surface area contributed by atoms with Crippen molar-refractivity contribution in [3.8, 4) is 5.75 Å². The van der Waals surface area contributed by atoms with E-state index >= 15 is 0 Å². The third kappa shape index (κ3) is 8.17. The molecule has 0 aliphatic carbocycles. The number of rotatable bonds is 10. The molecule has 0 fully saturated rings. The highest BCUT2D eigenvalue weighted by Gasteiger charge is 1.99. The van der Waals surface area contributed by atoms with Crippen LogP contribution in [0.4, 0.5) is 0 Å². The van der Waals surface area contributed by atoms with Crippen molar-refractivity contribution in [2.45, 2.75) is 26.2 Å². The van der Waals surface area contributed by atoms with Gasteiger partial charge in [0.1, 0.15) is 5.75 Å². The molecule has 4 nitrogen and oxygen atoms in total. The molecular weight excluding hydrogens is 294 g/mol. The number of aliphatic imine (C=N–C) groups is 1. The molecule has 22 heavy (non-hydrogen) atoms. The van der Waals surface area contributed by atoms with E-state index in [1.165, 1.54) is 24.2 Å². The number of ether oxygens (including phenoxy) is 1. The molecule has 0 unspecified atom stereocenters. The smallest absolute Gasteiger partial charge is 0.190 e. The summed E-state index contributed by atoms with van der Waals surface area (Å²) in [7, 11) is 1.81. The molecule has 1 rings (SSSR count). The van der Waals surface area contributed by atoms with Crippen LogP contribution in [0.25, 0.3) is 0 Å². The fourth-order valence-electron chi connectivity index (χ4n) is 1.98. The molecule has 5 heteroatoms. The molecule has 0 heterocycles. The van der Waals surface area contributed by atoms with Gasteiger partial charge in [0.25, 0.3) is 0 Å². The zero-order chi connectivity index (χ0) is 16.0. The van der Waals surface area contributed by atoms with Crippen LogP contribution in [0.15, 0.2) is 29.3 Å². The summed E-state index contributed by atoms with van der Waals surface area (Å²) in [6.07, 6.45) is 5.52. The van der Waals surface area contributed by atoms with E-state index < -0.39 is 0 Å². The van der Waals surface area contributed by atoms with Crippen LogP contribution in [0, 0.1) is 6.92 Å². The number of hydrogen-bond acceptors (Lipinski definition) is 3. The second-order valence-electron chi connectivity index (χ2n) is 5.09. The molecule has 1 aromatic rings. The summed E-state index contributed by atoms with van der Waals surface area (Å²) in [4.78, 5) is 4.22. The predicted molar refractivity (Wildman–Crippen MR) is 98.3 cm³/mol. The molecule has 1 aromatic carbocycles. The molecular formula is C17H29N3OS. The lowest BCUT2D eigenvalue weighted by molar-refractivity contribution is 0.309. The van der Waals surface area contributed by atoms with E-state index in [9.17, 15) is 0 Å². The van der Waals surface area contributed by atoms with Crippen molar-refractivity contribution < 1.29 is 4.74 Å². The second kappa shape index (κ2) is 12.2. The highest BCUT2D eigenvalue weighted by atomic mass is 32.2. The average Bonchev–Trinajstić information content (AvgIpc) is 2.54. The number of thioether (sulfide) groups is 1. The summed E-state index contributed by atoms with van der Waals surface area (Å²) in [6, 6.07) is 8.11. The minimum atomic E-state index is 0.711. The SMILES string of the molecule is CN=C(NCCCCSC)NCCCOc1ccccc1C. The van der Waals surface area contributed by atoms with Crippen molar-refractivity contribution in [1.29, 1.82) is 0 Å². The van der Waals surface area contributed by atoms with Crippen LogP contribution in [-0.4, -0.2) is 44.7 Å². The Bertz CT molecular complexity index is 438. The number of unbranched alkanes of at least 4 members (excludes halogenated alkanes) is 1. The van der Waals surface area contributed by atoms with Gasteiger partial charge in [0.15, 0.2) is 5.96 Å². The minimum absolute atomic E-state index is 0.711. The highest BCUT2D eigenvalue weighted by Crippen LogP contribution is 2.15. The lowest BCUT2D eigenvalue weighted by atomic mass is 10.2. The summed E-state index contributed by atoms with van der Waals surface area (Å²) >= 11 is 1.90. The summed E-state index contributed by atoms with van der Waals surface area (Å²) in [5.74, 6) is 3.07. The van der Waals surface area contributed by atoms with Crippen LogP contribution >= 0.6 is 11.8 Å². The van der Waals surface area contributed by atoms with Gasteiger partial charge in [-0.1, -0.05) is 18.2 Å². The van der Waals surface area contributed by atoms with Gasteiger partial charge in [-0.25, -0.2) is 0 Å². The van der Waals surface area contributed by atoms with E-state index in [1.54, 1.807) is 7.05 Å².